The van der Waals surface area contributed by atoms with Crippen LogP contribution in [0.15, 0.2) is 4.52 Å². The second kappa shape index (κ2) is 6.22. The minimum Gasteiger partial charge on any atom is -0.373 e. The Morgan fingerprint density at radius 1 is 1.20 bits per heavy atom. The summed E-state index contributed by atoms with van der Waals surface area (Å²) in [6.45, 7) is 0. The van der Waals surface area contributed by atoms with Gasteiger partial charge in [0.2, 0.25) is 11.7 Å². The van der Waals surface area contributed by atoms with Crippen LogP contribution in [0.25, 0.3) is 0 Å². The normalized spacial score (nSPS) is 29.7. The Morgan fingerprint density at radius 3 is 2.65 bits per heavy atom. The first-order valence-electron chi connectivity index (χ1n) is 7.89. The number of methoxy groups -OCH3 is 1. The van der Waals surface area contributed by atoms with E-state index in [4.69, 9.17) is 15.0 Å². The molecule has 5 heteroatoms. The molecular weight excluding hydrogens is 254 g/mol. The summed E-state index contributed by atoms with van der Waals surface area (Å²) in [6, 6.07) is 0.284. The Kier molecular flexibility index (Phi) is 4.36. The number of nitrogens with zero attached hydrogens (tertiary/aromatic N) is 2. The molecule has 2 saturated carbocycles. The average Bonchev–Trinajstić information content (AvgIpc) is 3.10. The molecule has 0 aromatic carbocycles. The van der Waals surface area contributed by atoms with Gasteiger partial charge in [-0.3, -0.25) is 0 Å². The molecule has 2 aliphatic rings. The van der Waals surface area contributed by atoms with E-state index in [-0.39, 0.29) is 12.1 Å². The van der Waals surface area contributed by atoms with Gasteiger partial charge in [-0.25, -0.2) is 0 Å². The topological polar surface area (TPSA) is 74.2 Å². The van der Waals surface area contributed by atoms with Crippen LogP contribution in [0.2, 0.25) is 0 Å². The minimum atomic E-state index is -0.0112. The summed E-state index contributed by atoms with van der Waals surface area (Å²) in [5.41, 5.74) is 5.96. The molecule has 20 heavy (non-hydrogen) atoms. The highest BCUT2D eigenvalue weighted by molar-refractivity contribution is 5.02. The highest BCUT2D eigenvalue weighted by Crippen LogP contribution is 2.37. The quantitative estimate of drug-likeness (QED) is 0.917. The predicted molar refractivity (Wildman–Crippen MR) is 75.2 cm³/mol. The molecule has 0 saturated heterocycles. The lowest BCUT2D eigenvalue weighted by Gasteiger charge is -2.26. The molecular formula is C15H25N3O2. The van der Waals surface area contributed by atoms with Gasteiger partial charge in [0, 0.05) is 19.1 Å². The molecule has 0 radical (unpaired) electrons. The van der Waals surface area contributed by atoms with Crippen LogP contribution < -0.4 is 5.73 Å². The Labute approximate surface area is 120 Å². The van der Waals surface area contributed by atoms with Gasteiger partial charge in [-0.1, -0.05) is 24.4 Å². The largest absolute Gasteiger partial charge is 0.373 e. The van der Waals surface area contributed by atoms with Crippen molar-refractivity contribution in [2.24, 2.45) is 11.7 Å². The molecule has 0 bridgehead atoms. The van der Waals surface area contributed by atoms with E-state index in [1.807, 2.05) is 0 Å². The number of nitrogens with two attached hydrogens (primary N) is 1. The molecule has 2 fully saturated rings. The van der Waals surface area contributed by atoms with Gasteiger partial charge in [0.05, 0.1) is 0 Å². The zero-order valence-corrected chi connectivity index (χ0v) is 12.3. The van der Waals surface area contributed by atoms with E-state index in [0.29, 0.717) is 11.8 Å². The van der Waals surface area contributed by atoms with Crippen LogP contribution >= 0.6 is 0 Å². The molecule has 0 aliphatic heterocycles. The first-order valence-corrected chi connectivity index (χ1v) is 7.89. The van der Waals surface area contributed by atoms with E-state index in [9.17, 15) is 0 Å². The van der Waals surface area contributed by atoms with Crippen molar-refractivity contribution in [3.05, 3.63) is 11.7 Å². The summed E-state index contributed by atoms with van der Waals surface area (Å²) in [7, 11) is 1.75. The van der Waals surface area contributed by atoms with Crippen molar-refractivity contribution in [2.75, 3.05) is 7.11 Å². The lowest BCUT2D eigenvalue weighted by Crippen LogP contribution is -2.19. The highest BCUT2D eigenvalue weighted by atomic mass is 16.5. The fourth-order valence-electron chi connectivity index (χ4n) is 3.71. The molecule has 1 aromatic heterocycles. The summed E-state index contributed by atoms with van der Waals surface area (Å²) in [5, 5.41) is 4.18. The summed E-state index contributed by atoms with van der Waals surface area (Å²) in [5.74, 6) is 2.36. The minimum absolute atomic E-state index is 0.0112. The number of hydrogen-bond acceptors (Lipinski definition) is 5. The number of rotatable bonds is 4. The molecule has 2 aliphatic carbocycles. The van der Waals surface area contributed by atoms with Gasteiger partial charge >= 0.3 is 0 Å². The van der Waals surface area contributed by atoms with Gasteiger partial charge in [-0.05, 0) is 38.0 Å². The number of ether oxygens (including phenoxy) is 1. The Morgan fingerprint density at radius 2 is 2.00 bits per heavy atom. The molecule has 5 nitrogen and oxygen atoms in total. The van der Waals surface area contributed by atoms with E-state index < -0.39 is 0 Å². The van der Waals surface area contributed by atoms with E-state index in [1.165, 1.54) is 32.1 Å². The maximum Gasteiger partial charge on any atom is 0.229 e. The van der Waals surface area contributed by atoms with Crippen LogP contribution in [0.4, 0.5) is 0 Å². The fourth-order valence-corrected chi connectivity index (χ4v) is 3.71. The highest BCUT2D eigenvalue weighted by Gasteiger charge is 2.32. The maximum absolute atomic E-state index is 5.96. The average molecular weight is 279 g/mol. The SMILES string of the molecule is COC(c1noc(C2CCC(N)C2)n1)C1CCCCC1. The van der Waals surface area contributed by atoms with Crippen molar-refractivity contribution in [1.29, 1.82) is 0 Å². The van der Waals surface area contributed by atoms with Crippen LogP contribution in [0.3, 0.4) is 0 Å². The van der Waals surface area contributed by atoms with Gasteiger partial charge in [-0.2, -0.15) is 4.98 Å². The van der Waals surface area contributed by atoms with Crippen LogP contribution in [0, 0.1) is 5.92 Å². The molecule has 1 heterocycles. The maximum atomic E-state index is 5.96. The summed E-state index contributed by atoms with van der Waals surface area (Å²) < 4.78 is 11.1. The van der Waals surface area contributed by atoms with Gasteiger partial charge in [0.1, 0.15) is 6.10 Å². The molecule has 2 N–H and O–H groups in total. The standard InChI is InChI=1S/C15H25N3O2/c1-19-13(10-5-3-2-4-6-10)14-17-15(20-18-14)11-7-8-12(16)9-11/h10-13H,2-9,16H2,1H3. The lowest BCUT2D eigenvalue weighted by atomic mass is 9.85. The van der Waals surface area contributed by atoms with E-state index in [1.54, 1.807) is 7.11 Å². The molecule has 1 aromatic rings. The first-order chi connectivity index (χ1) is 9.78. The lowest BCUT2D eigenvalue weighted by molar-refractivity contribution is 0.0273. The second-order valence-corrected chi connectivity index (χ2v) is 6.32. The predicted octanol–water partition coefficient (Wildman–Crippen LogP) is 2.93. The van der Waals surface area contributed by atoms with Crippen LogP contribution in [-0.2, 0) is 4.74 Å². The van der Waals surface area contributed by atoms with Crippen molar-refractivity contribution in [3.8, 4) is 0 Å². The molecule has 3 atom stereocenters. The van der Waals surface area contributed by atoms with E-state index in [0.717, 1.165) is 31.0 Å². The van der Waals surface area contributed by atoms with Crippen LogP contribution in [0.1, 0.15) is 75.1 Å². The molecule has 0 spiro atoms. The zero-order chi connectivity index (χ0) is 13.9. The monoisotopic (exact) mass is 279 g/mol. The Bertz CT molecular complexity index is 429. The van der Waals surface area contributed by atoms with Gasteiger partial charge in [-0.15, -0.1) is 0 Å². The third kappa shape index (κ3) is 2.88. The number of hydrogen-bond donors (Lipinski definition) is 1. The molecule has 0 amide bonds. The fraction of sp³-hybridized carbons (Fsp3) is 0.867. The summed E-state index contributed by atoms with van der Waals surface area (Å²) in [4.78, 5) is 4.61. The van der Waals surface area contributed by atoms with Crippen molar-refractivity contribution in [3.63, 3.8) is 0 Å². The summed E-state index contributed by atoms with van der Waals surface area (Å²) >= 11 is 0. The van der Waals surface area contributed by atoms with Crippen molar-refractivity contribution < 1.29 is 9.26 Å². The van der Waals surface area contributed by atoms with Crippen molar-refractivity contribution in [2.45, 2.75) is 69.4 Å². The summed E-state index contributed by atoms with van der Waals surface area (Å²) in [6.07, 6.45) is 9.38. The zero-order valence-electron chi connectivity index (χ0n) is 12.3. The molecule has 112 valence electrons. The second-order valence-electron chi connectivity index (χ2n) is 6.32. The van der Waals surface area contributed by atoms with Crippen LogP contribution in [0.5, 0.6) is 0 Å². The molecule has 3 unspecified atom stereocenters. The van der Waals surface area contributed by atoms with Crippen LogP contribution in [-0.4, -0.2) is 23.3 Å². The first kappa shape index (κ1) is 14.0. The Balaban J connectivity index is 1.70. The van der Waals surface area contributed by atoms with Crippen molar-refractivity contribution in [1.82, 2.24) is 10.1 Å². The third-order valence-electron chi connectivity index (χ3n) is 4.87. The Hall–Kier alpha value is -0.940. The van der Waals surface area contributed by atoms with Gasteiger partial charge in [0.25, 0.3) is 0 Å². The van der Waals surface area contributed by atoms with Gasteiger partial charge in [0.15, 0.2) is 0 Å². The third-order valence-corrected chi connectivity index (χ3v) is 4.87. The smallest absolute Gasteiger partial charge is 0.229 e. The number of aromatic nitrogens is 2. The van der Waals surface area contributed by atoms with E-state index in [2.05, 4.69) is 10.1 Å². The van der Waals surface area contributed by atoms with Crippen molar-refractivity contribution >= 4 is 0 Å². The molecule has 3 rings (SSSR count). The van der Waals surface area contributed by atoms with E-state index >= 15 is 0 Å². The van der Waals surface area contributed by atoms with Gasteiger partial charge < -0.3 is 15.0 Å².